The van der Waals surface area contributed by atoms with Crippen molar-refractivity contribution in [1.29, 1.82) is 0 Å². The van der Waals surface area contributed by atoms with Crippen LogP contribution in [0.25, 0.3) is 0 Å². The molecule has 3 rings (SSSR count). The minimum absolute atomic E-state index is 0.00362. The molecule has 2 saturated heterocycles. The summed E-state index contributed by atoms with van der Waals surface area (Å²) in [7, 11) is 5.57. The van der Waals surface area contributed by atoms with Gasteiger partial charge in [-0.2, -0.15) is 0 Å². The van der Waals surface area contributed by atoms with Gasteiger partial charge in [0.05, 0.1) is 43.7 Å². The minimum atomic E-state index is -4.28. The zero-order valence-electron chi connectivity index (χ0n) is 37.3. The zero-order valence-corrected chi connectivity index (χ0v) is 38.2. The third-order valence-corrected chi connectivity index (χ3v) is 13.8. The standard InChI is InChI=1S/C42H72N7O9P/c1-12-29(4)38(47(8)41(53)37(28(2)3)45-42(46(6)7)48-23-20-43-21-24-48)33(56-9)26-35(50)49-22-16-19-32(49)39(58-11)30(5)40(52)44-34(25-31-17-14-13-15-18-31)59(54,55)27-36(51)57-10/h13-15,17-18,28-30,32-34,37-39,43H,12,16,19-27H2,1-11H3,(H,44,52)(H,54,55)/b45-42+/t29-,30+,32-,33+,34+,37-,38-,39+/m0/s1. The third kappa shape index (κ3) is 13.5. The largest absolute Gasteiger partial charge is 0.469 e. The lowest BCUT2D eigenvalue weighted by atomic mass is 9.89. The van der Waals surface area contributed by atoms with Gasteiger partial charge in [0.1, 0.15) is 18.0 Å². The van der Waals surface area contributed by atoms with Crippen LogP contribution in [0.15, 0.2) is 35.3 Å². The van der Waals surface area contributed by atoms with E-state index in [9.17, 15) is 28.6 Å². The molecule has 2 fully saturated rings. The molecule has 2 heterocycles. The number of methoxy groups -OCH3 is 3. The fourth-order valence-corrected chi connectivity index (χ4v) is 9.81. The molecule has 2 aliphatic rings. The molecule has 59 heavy (non-hydrogen) atoms. The van der Waals surface area contributed by atoms with E-state index in [1.807, 2.05) is 38.9 Å². The predicted molar refractivity (Wildman–Crippen MR) is 229 cm³/mol. The SMILES string of the molecule is CC[C@H](C)[C@@H]([C@@H](CC(=O)N1CCC[C@H]1[C@H](OC)[C@@H](C)C(=O)N[C@@H](Cc1ccccc1)P(=O)(O)CC(=O)OC)OC)N(C)C(=O)[C@@H](/N=C(\N(C)C)N1CCNCC1)C(C)C. The van der Waals surface area contributed by atoms with Gasteiger partial charge < -0.3 is 49.3 Å². The Bertz CT molecular complexity index is 1590. The van der Waals surface area contributed by atoms with E-state index in [2.05, 4.69) is 34.1 Å². The Kier molecular flexibility index (Phi) is 19.8. The van der Waals surface area contributed by atoms with Crippen molar-refractivity contribution in [3.05, 3.63) is 35.9 Å². The van der Waals surface area contributed by atoms with E-state index in [0.29, 0.717) is 24.9 Å². The molecule has 1 aromatic carbocycles. The van der Waals surface area contributed by atoms with Crippen LogP contribution in [0.5, 0.6) is 0 Å². The molecular weight excluding hydrogens is 777 g/mol. The molecule has 2 aliphatic heterocycles. The van der Waals surface area contributed by atoms with E-state index < -0.39 is 67.4 Å². The maximum Gasteiger partial charge on any atom is 0.315 e. The molecule has 0 radical (unpaired) electrons. The third-order valence-electron chi connectivity index (χ3n) is 11.8. The number of likely N-dealkylation sites (tertiary alicyclic amines) is 1. The molecule has 17 heteroatoms. The normalized spacial score (nSPS) is 20.8. The van der Waals surface area contributed by atoms with Crippen molar-refractivity contribution in [2.75, 3.05) is 81.4 Å². The Balaban J connectivity index is 1.84. The Morgan fingerprint density at radius 2 is 1.64 bits per heavy atom. The molecule has 0 bridgehead atoms. The molecule has 3 amide bonds. The fraction of sp³-hybridized carbons (Fsp3) is 0.738. The van der Waals surface area contributed by atoms with Crippen LogP contribution < -0.4 is 10.6 Å². The number of rotatable bonds is 20. The number of carbonyl (C=O) groups is 4. The number of piperazine rings is 1. The van der Waals surface area contributed by atoms with Crippen LogP contribution >= 0.6 is 7.37 Å². The number of nitrogens with zero attached hydrogens (tertiary/aromatic N) is 5. The van der Waals surface area contributed by atoms with E-state index in [1.54, 1.807) is 55.1 Å². The summed E-state index contributed by atoms with van der Waals surface area (Å²) >= 11 is 0. The van der Waals surface area contributed by atoms with E-state index in [4.69, 9.17) is 14.5 Å². The van der Waals surface area contributed by atoms with Crippen molar-refractivity contribution < 1.29 is 42.8 Å². The van der Waals surface area contributed by atoms with Crippen LogP contribution in [0.3, 0.4) is 0 Å². The summed E-state index contributed by atoms with van der Waals surface area (Å²) in [4.78, 5) is 78.6. The molecule has 334 valence electrons. The van der Waals surface area contributed by atoms with Crippen molar-refractivity contribution in [3.8, 4) is 0 Å². The predicted octanol–water partition coefficient (Wildman–Crippen LogP) is 2.88. The molecule has 1 aromatic rings. The van der Waals surface area contributed by atoms with E-state index in [0.717, 1.165) is 45.7 Å². The summed E-state index contributed by atoms with van der Waals surface area (Å²) in [5.74, 6) is -3.18. The molecule has 0 saturated carbocycles. The quantitative estimate of drug-likeness (QED) is 0.0757. The summed E-state index contributed by atoms with van der Waals surface area (Å²) in [5, 5.41) is 6.12. The topological polar surface area (TPSA) is 183 Å². The number of nitrogens with one attached hydrogen (secondary N) is 2. The van der Waals surface area contributed by atoms with E-state index >= 15 is 0 Å². The Hall–Kier alpha value is -3.56. The van der Waals surface area contributed by atoms with Gasteiger partial charge in [-0.25, -0.2) is 4.99 Å². The van der Waals surface area contributed by atoms with Gasteiger partial charge in [-0.1, -0.05) is 71.4 Å². The second-order valence-electron chi connectivity index (χ2n) is 16.5. The van der Waals surface area contributed by atoms with Crippen molar-refractivity contribution in [3.63, 3.8) is 0 Å². The molecule has 1 unspecified atom stereocenters. The fourth-order valence-electron chi connectivity index (χ4n) is 8.26. The van der Waals surface area contributed by atoms with Crippen molar-refractivity contribution in [1.82, 2.24) is 30.2 Å². The summed E-state index contributed by atoms with van der Waals surface area (Å²) in [6, 6.07) is 7.38. The Labute approximate surface area is 352 Å². The maximum atomic E-state index is 14.5. The van der Waals surface area contributed by atoms with Crippen molar-refractivity contribution >= 4 is 37.0 Å². The van der Waals surface area contributed by atoms with Gasteiger partial charge in [-0.15, -0.1) is 0 Å². The highest BCUT2D eigenvalue weighted by Crippen LogP contribution is 2.46. The number of benzene rings is 1. The molecule has 3 N–H and O–H groups in total. The number of hydrogen-bond acceptors (Lipinski definition) is 10. The molecule has 9 atom stereocenters. The summed E-state index contributed by atoms with van der Waals surface area (Å²) in [6.45, 7) is 13.5. The van der Waals surface area contributed by atoms with Gasteiger partial charge >= 0.3 is 5.97 Å². The van der Waals surface area contributed by atoms with E-state index in [-0.39, 0.29) is 36.5 Å². The van der Waals surface area contributed by atoms with Crippen LogP contribution in [0.4, 0.5) is 0 Å². The monoisotopic (exact) mass is 850 g/mol. The first-order valence-corrected chi connectivity index (χ1v) is 22.9. The highest BCUT2D eigenvalue weighted by atomic mass is 31.2. The molecule has 0 aliphatic carbocycles. The van der Waals surface area contributed by atoms with Crippen LogP contribution in [-0.2, 0) is 44.4 Å². The van der Waals surface area contributed by atoms with Crippen LogP contribution in [-0.4, -0.2) is 172 Å². The second kappa shape index (κ2) is 23.4. The highest BCUT2D eigenvalue weighted by Gasteiger charge is 2.44. The summed E-state index contributed by atoms with van der Waals surface area (Å²) < 4.78 is 30.2. The lowest BCUT2D eigenvalue weighted by Gasteiger charge is -2.40. The van der Waals surface area contributed by atoms with Gasteiger partial charge in [-0.05, 0) is 30.2 Å². The van der Waals surface area contributed by atoms with Gasteiger partial charge in [-0.3, -0.25) is 23.7 Å². The van der Waals surface area contributed by atoms with Crippen LogP contribution in [0, 0.1) is 17.8 Å². The second-order valence-corrected chi connectivity index (χ2v) is 19.0. The summed E-state index contributed by atoms with van der Waals surface area (Å²) in [6.07, 6.45) is -0.128. The van der Waals surface area contributed by atoms with Crippen molar-refractivity contribution in [2.24, 2.45) is 22.7 Å². The zero-order chi connectivity index (χ0) is 44.0. The Morgan fingerprint density at radius 1 is 1.00 bits per heavy atom. The molecule has 0 aromatic heterocycles. The molecular formula is C42H72N7O9P. The van der Waals surface area contributed by atoms with Gasteiger partial charge in [0.15, 0.2) is 5.96 Å². The number of esters is 1. The maximum absolute atomic E-state index is 14.5. The molecule has 16 nitrogen and oxygen atoms in total. The average molecular weight is 850 g/mol. The smallest absolute Gasteiger partial charge is 0.315 e. The first-order chi connectivity index (χ1) is 27.9. The highest BCUT2D eigenvalue weighted by molar-refractivity contribution is 7.59. The lowest BCUT2D eigenvalue weighted by molar-refractivity contribution is -0.146. The number of likely N-dealkylation sites (N-methyl/N-ethyl adjacent to an activating group) is 1. The number of aliphatic imine (C=N–C) groups is 1. The summed E-state index contributed by atoms with van der Waals surface area (Å²) in [5.41, 5.74) is 0.706. The number of hydrogen-bond donors (Lipinski definition) is 3. The van der Waals surface area contributed by atoms with Crippen LogP contribution in [0.2, 0.25) is 0 Å². The van der Waals surface area contributed by atoms with E-state index in [1.165, 1.54) is 7.11 Å². The first kappa shape index (κ1) is 49.8. The number of ether oxygens (including phenoxy) is 3. The van der Waals surface area contributed by atoms with Gasteiger partial charge in [0.25, 0.3) is 0 Å². The van der Waals surface area contributed by atoms with Crippen molar-refractivity contribution in [2.45, 2.75) is 103 Å². The number of guanidine groups is 1. The average Bonchev–Trinajstić information content (AvgIpc) is 3.70. The minimum Gasteiger partial charge on any atom is -0.469 e. The van der Waals surface area contributed by atoms with Gasteiger partial charge in [0, 0.05) is 74.5 Å². The number of amides is 3. The van der Waals surface area contributed by atoms with Crippen LogP contribution in [0.1, 0.15) is 65.9 Å². The Morgan fingerprint density at radius 3 is 2.19 bits per heavy atom. The first-order valence-electron chi connectivity index (χ1n) is 21.0. The number of carbonyl (C=O) groups excluding carboxylic acids is 4. The lowest BCUT2D eigenvalue weighted by Crippen LogP contribution is -2.55. The van der Waals surface area contributed by atoms with Gasteiger partial charge in [0.2, 0.25) is 25.1 Å². The molecule has 0 spiro atoms.